The number of nitrogens with one attached hydrogen (secondary N) is 2. The molecule has 0 aliphatic heterocycles. The number of anilines is 1. The predicted octanol–water partition coefficient (Wildman–Crippen LogP) is 3.15. The lowest BCUT2D eigenvalue weighted by atomic mass is 10.0. The minimum absolute atomic E-state index is 0.149. The van der Waals surface area contributed by atoms with Crippen molar-refractivity contribution in [2.24, 2.45) is 11.7 Å². The number of thioether (sulfide) groups is 1. The molecule has 1 aliphatic rings. The summed E-state index contributed by atoms with van der Waals surface area (Å²) in [5, 5.41) is 10.3. The van der Waals surface area contributed by atoms with Gasteiger partial charge in [0.25, 0.3) is 0 Å². The van der Waals surface area contributed by atoms with E-state index in [2.05, 4.69) is 20.5 Å². The van der Waals surface area contributed by atoms with Crippen molar-refractivity contribution in [1.82, 2.24) is 15.2 Å². The van der Waals surface area contributed by atoms with Crippen molar-refractivity contribution in [1.29, 1.82) is 0 Å². The first-order valence-electron chi connectivity index (χ1n) is 9.30. The topological polar surface area (TPSA) is 114 Å². The molecule has 1 aliphatic carbocycles. The van der Waals surface area contributed by atoms with Crippen LogP contribution in [0.2, 0.25) is 0 Å². The molecule has 0 radical (unpaired) electrons. The van der Waals surface area contributed by atoms with Crippen LogP contribution in [-0.4, -0.2) is 32.2 Å². The molecule has 1 fully saturated rings. The maximum Gasteiger partial charge on any atom is 0.248 e. The number of hydrogen-bond donors (Lipinski definition) is 3. The number of carbonyl (C=O) groups excluding carboxylic acids is 2. The number of nitrogens with zero attached hydrogens (tertiary/aromatic N) is 2. The molecule has 1 saturated carbocycles. The van der Waals surface area contributed by atoms with E-state index in [4.69, 9.17) is 5.73 Å². The van der Waals surface area contributed by atoms with Gasteiger partial charge >= 0.3 is 0 Å². The number of carbonyl (C=O) groups is 2. The lowest BCUT2D eigenvalue weighted by Crippen LogP contribution is -2.22. The maximum atomic E-state index is 12.4. The van der Waals surface area contributed by atoms with Gasteiger partial charge in [-0.3, -0.25) is 14.7 Å². The van der Waals surface area contributed by atoms with Crippen LogP contribution in [-0.2, 0) is 11.2 Å². The van der Waals surface area contributed by atoms with Crippen LogP contribution in [0.5, 0.6) is 0 Å². The highest BCUT2D eigenvalue weighted by molar-refractivity contribution is 8.00. The Bertz CT molecular complexity index is 784. The fraction of sp³-hybridized carbons (Fsp3) is 0.474. The highest BCUT2D eigenvalue weighted by Crippen LogP contribution is 2.28. The lowest BCUT2D eigenvalue weighted by Gasteiger charge is -2.10. The van der Waals surface area contributed by atoms with Gasteiger partial charge in [-0.1, -0.05) is 37.4 Å². The molecule has 1 heterocycles. The number of primary amides is 1. The first-order valence-corrected chi connectivity index (χ1v) is 10.2. The lowest BCUT2D eigenvalue weighted by molar-refractivity contribution is -0.115. The average Bonchev–Trinajstić information content (AvgIpc) is 3.32. The molecular formula is C19H25N5O2S. The molecule has 27 heavy (non-hydrogen) atoms. The van der Waals surface area contributed by atoms with Gasteiger partial charge in [0.2, 0.25) is 17.0 Å². The van der Waals surface area contributed by atoms with Crippen LogP contribution in [0.15, 0.2) is 29.4 Å². The van der Waals surface area contributed by atoms with E-state index in [-0.39, 0.29) is 11.2 Å². The summed E-state index contributed by atoms with van der Waals surface area (Å²) in [7, 11) is 0. The van der Waals surface area contributed by atoms with Crippen LogP contribution in [0, 0.1) is 5.92 Å². The predicted molar refractivity (Wildman–Crippen MR) is 106 cm³/mol. The van der Waals surface area contributed by atoms with Crippen LogP contribution >= 0.6 is 11.8 Å². The van der Waals surface area contributed by atoms with Crippen LogP contribution in [0.1, 0.15) is 55.2 Å². The van der Waals surface area contributed by atoms with Crippen molar-refractivity contribution in [2.45, 2.75) is 55.9 Å². The second kappa shape index (κ2) is 9.03. The van der Waals surface area contributed by atoms with Gasteiger partial charge in [-0.25, -0.2) is 4.98 Å². The Labute approximate surface area is 162 Å². The van der Waals surface area contributed by atoms with Crippen molar-refractivity contribution in [3.63, 3.8) is 0 Å². The summed E-state index contributed by atoms with van der Waals surface area (Å²) in [5.41, 5.74) is 6.23. The molecule has 8 heteroatoms. The summed E-state index contributed by atoms with van der Waals surface area (Å²) in [6.45, 7) is 1.81. The molecule has 0 spiro atoms. The van der Waals surface area contributed by atoms with E-state index in [0.717, 1.165) is 24.6 Å². The van der Waals surface area contributed by atoms with Crippen molar-refractivity contribution >= 4 is 29.3 Å². The zero-order valence-electron chi connectivity index (χ0n) is 15.4. The third-order valence-electron chi connectivity index (χ3n) is 4.86. The first kappa shape index (κ1) is 19.4. The number of H-pyrrole nitrogens is 1. The maximum absolute atomic E-state index is 12.4. The molecule has 7 nitrogen and oxygen atoms in total. The van der Waals surface area contributed by atoms with Gasteiger partial charge in [0.1, 0.15) is 5.82 Å². The minimum atomic E-state index is -0.495. The fourth-order valence-corrected chi connectivity index (χ4v) is 4.00. The van der Waals surface area contributed by atoms with E-state index in [1.807, 2.05) is 6.92 Å². The molecule has 0 saturated heterocycles. The largest absolute Gasteiger partial charge is 0.366 e. The Kier molecular flexibility index (Phi) is 6.49. The molecule has 2 amide bonds. The molecule has 1 aromatic heterocycles. The Hall–Kier alpha value is -2.35. The smallest absolute Gasteiger partial charge is 0.248 e. The van der Waals surface area contributed by atoms with Crippen molar-refractivity contribution < 1.29 is 9.59 Å². The first-order chi connectivity index (χ1) is 13.0. The summed E-state index contributed by atoms with van der Waals surface area (Å²) >= 11 is 1.32. The Morgan fingerprint density at radius 1 is 1.30 bits per heavy atom. The SMILES string of the molecule is C[C@H](Sc1n[nH]c(CCC2CCCC2)n1)C(=O)Nc1ccc(C(N)=O)cc1. The number of aromatic amines is 1. The van der Waals surface area contributed by atoms with Crippen LogP contribution in [0.3, 0.4) is 0 Å². The Morgan fingerprint density at radius 3 is 2.67 bits per heavy atom. The van der Waals surface area contributed by atoms with Gasteiger partial charge in [-0.05, 0) is 43.5 Å². The van der Waals surface area contributed by atoms with Crippen molar-refractivity contribution in [3.05, 3.63) is 35.7 Å². The van der Waals surface area contributed by atoms with Gasteiger partial charge in [0.15, 0.2) is 0 Å². The van der Waals surface area contributed by atoms with E-state index in [1.54, 1.807) is 24.3 Å². The van der Waals surface area contributed by atoms with Gasteiger partial charge in [0, 0.05) is 17.7 Å². The van der Waals surface area contributed by atoms with Crippen LogP contribution in [0.25, 0.3) is 0 Å². The molecule has 3 rings (SSSR count). The second-order valence-electron chi connectivity index (χ2n) is 6.94. The number of benzene rings is 1. The molecule has 4 N–H and O–H groups in total. The van der Waals surface area contributed by atoms with Gasteiger partial charge in [-0.15, -0.1) is 5.10 Å². The van der Waals surface area contributed by atoms with Gasteiger partial charge < -0.3 is 11.1 Å². The average molecular weight is 388 g/mol. The highest BCUT2D eigenvalue weighted by atomic mass is 32.2. The third-order valence-corrected chi connectivity index (χ3v) is 5.82. The van der Waals surface area contributed by atoms with Crippen LogP contribution in [0.4, 0.5) is 5.69 Å². The van der Waals surface area contributed by atoms with Crippen molar-refractivity contribution in [3.8, 4) is 0 Å². The molecule has 2 aromatic rings. The highest BCUT2D eigenvalue weighted by Gasteiger charge is 2.19. The Balaban J connectivity index is 1.48. The van der Waals surface area contributed by atoms with Gasteiger partial charge in [0.05, 0.1) is 5.25 Å². The molecular weight excluding hydrogens is 362 g/mol. The fourth-order valence-electron chi connectivity index (χ4n) is 3.26. The minimum Gasteiger partial charge on any atom is -0.366 e. The molecule has 0 bridgehead atoms. The summed E-state index contributed by atoms with van der Waals surface area (Å²) in [6.07, 6.45) is 7.41. The van der Waals surface area contributed by atoms with E-state index in [9.17, 15) is 9.59 Å². The van der Waals surface area contributed by atoms with Crippen molar-refractivity contribution in [2.75, 3.05) is 5.32 Å². The van der Waals surface area contributed by atoms with Gasteiger partial charge in [-0.2, -0.15) is 0 Å². The molecule has 1 atom stereocenters. The summed E-state index contributed by atoms with van der Waals surface area (Å²) in [4.78, 5) is 27.9. The summed E-state index contributed by atoms with van der Waals surface area (Å²) in [5.74, 6) is 1.06. The number of aromatic nitrogens is 3. The summed E-state index contributed by atoms with van der Waals surface area (Å²) in [6, 6.07) is 6.48. The zero-order chi connectivity index (χ0) is 19.2. The number of rotatable bonds is 8. The number of hydrogen-bond acceptors (Lipinski definition) is 5. The molecule has 1 aromatic carbocycles. The number of nitrogens with two attached hydrogens (primary N) is 1. The Morgan fingerprint density at radius 2 is 2.00 bits per heavy atom. The van der Waals surface area contributed by atoms with Crippen LogP contribution < -0.4 is 11.1 Å². The van der Waals surface area contributed by atoms with E-state index in [1.165, 1.54) is 37.4 Å². The normalized spacial score (nSPS) is 15.6. The quantitative estimate of drug-likeness (QED) is 0.602. The second-order valence-corrected chi connectivity index (χ2v) is 8.25. The zero-order valence-corrected chi connectivity index (χ0v) is 16.2. The summed E-state index contributed by atoms with van der Waals surface area (Å²) < 4.78 is 0. The number of amides is 2. The molecule has 144 valence electrons. The van der Waals surface area contributed by atoms with E-state index >= 15 is 0 Å². The third kappa shape index (κ3) is 5.56. The monoisotopic (exact) mass is 387 g/mol. The van der Waals surface area contributed by atoms with E-state index < -0.39 is 5.91 Å². The molecule has 0 unspecified atom stereocenters. The van der Waals surface area contributed by atoms with E-state index in [0.29, 0.717) is 16.4 Å². The standard InChI is InChI=1S/C19H25N5O2S/c1-12(18(26)21-15-9-7-14(8-10-15)17(20)25)27-19-22-16(23-24-19)11-6-13-4-2-3-5-13/h7-10,12-13H,2-6,11H2,1H3,(H2,20,25)(H,21,26)(H,22,23,24)/t12-/m0/s1. The number of aryl methyl sites for hydroxylation is 1.